The summed E-state index contributed by atoms with van der Waals surface area (Å²) < 4.78 is 12.6. The molecule has 1 aromatic carbocycles. The van der Waals surface area contributed by atoms with Gasteiger partial charge in [-0.1, -0.05) is 6.07 Å². The molecule has 126 valence electrons. The van der Waals surface area contributed by atoms with Crippen LogP contribution in [-0.4, -0.2) is 16.3 Å². The van der Waals surface area contributed by atoms with E-state index in [2.05, 4.69) is 6.08 Å². The molecular weight excluding hydrogens is 336 g/mol. The zero-order valence-electron chi connectivity index (χ0n) is 14.0. The topological polar surface area (TPSA) is 53.4 Å². The van der Waals surface area contributed by atoms with Gasteiger partial charge in [-0.05, 0) is 55.2 Å². The quantitative estimate of drug-likeness (QED) is 0.669. The van der Waals surface area contributed by atoms with Crippen molar-refractivity contribution in [2.75, 3.05) is 6.79 Å². The summed E-state index contributed by atoms with van der Waals surface area (Å²) >= 11 is 1.60. The van der Waals surface area contributed by atoms with Crippen molar-refractivity contribution in [3.05, 3.63) is 50.4 Å². The maximum Gasteiger partial charge on any atom is 0.262 e. The lowest BCUT2D eigenvalue weighted by Gasteiger charge is -2.04. The van der Waals surface area contributed by atoms with E-state index in [1.807, 2.05) is 32.0 Å². The number of benzene rings is 1. The molecule has 0 N–H and O–H groups in total. The standard InChI is InChI=1S/C19H16N2O3S/c1-10-11(2)25-18-16(10)19(22)21-6-5-13(17(21)20-18)7-12-3-4-14-15(8-12)24-9-23-14/h3-4,7-8H,5-6,9H2,1-2H3/b13-7+. The van der Waals surface area contributed by atoms with E-state index < -0.39 is 0 Å². The lowest BCUT2D eigenvalue weighted by Crippen LogP contribution is -2.20. The van der Waals surface area contributed by atoms with E-state index in [0.29, 0.717) is 6.54 Å². The number of nitrogens with zero attached hydrogens (tertiary/aromatic N) is 2. The molecule has 3 aromatic rings. The van der Waals surface area contributed by atoms with Gasteiger partial charge >= 0.3 is 0 Å². The summed E-state index contributed by atoms with van der Waals surface area (Å²) in [5.41, 5.74) is 3.25. The van der Waals surface area contributed by atoms with Gasteiger partial charge in [-0.25, -0.2) is 4.98 Å². The summed E-state index contributed by atoms with van der Waals surface area (Å²) in [6, 6.07) is 5.88. The van der Waals surface area contributed by atoms with Crippen molar-refractivity contribution < 1.29 is 9.47 Å². The van der Waals surface area contributed by atoms with E-state index >= 15 is 0 Å². The van der Waals surface area contributed by atoms with Crippen molar-refractivity contribution in [1.82, 2.24) is 9.55 Å². The molecule has 0 radical (unpaired) electrons. The Balaban J connectivity index is 1.65. The number of thiophene rings is 1. The Morgan fingerprint density at radius 3 is 2.96 bits per heavy atom. The summed E-state index contributed by atoms with van der Waals surface area (Å²) in [7, 11) is 0. The molecule has 2 aliphatic rings. The van der Waals surface area contributed by atoms with Crippen molar-refractivity contribution in [3.63, 3.8) is 0 Å². The number of rotatable bonds is 1. The molecule has 25 heavy (non-hydrogen) atoms. The summed E-state index contributed by atoms with van der Waals surface area (Å²) in [6.45, 7) is 4.99. The molecule has 5 nitrogen and oxygen atoms in total. The predicted molar refractivity (Wildman–Crippen MR) is 98.4 cm³/mol. The van der Waals surface area contributed by atoms with Crippen LogP contribution in [0.25, 0.3) is 21.9 Å². The van der Waals surface area contributed by atoms with Gasteiger partial charge < -0.3 is 9.47 Å². The molecule has 4 heterocycles. The number of allylic oxidation sites excluding steroid dienone is 1. The van der Waals surface area contributed by atoms with E-state index in [9.17, 15) is 4.79 Å². The molecule has 0 saturated carbocycles. The minimum Gasteiger partial charge on any atom is -0.454 e. The highest BCUT2D eigenvalue weighted by molar-refractivity contribution is 7.18. The van der Waals surface area contributed by atoms with E-state index in [0.717, 1.165) is 55.5 Å². The summed E-state index contributed by atoms with van der Waals surface area (Å²) in [4.78, 5) is 19.7. The fourth-order valence-corrected chi connectivity index (χ4v) is 4.48. The molecule has 0 fully saturated rings. The SMILES string of the molecule is Cc1sc2nc3n(c(=O)c2c1C)CC/C3=C\c1ccc2c(c1)OCO2. The van der Waals surface area contributed by atoms with Crippen LogP contribution in [0.2, 0.25) is 0 Å². The molecule has 2 aromatic heterocycles. The third-order valence-corrected chi connectivity index (χ3v) is 6.02. The lowest BCUT2D eigenvalue weighted by molar-refractivity contribution is 0.174. The molecule has 0 amide bonds. The first kappa shape index (κ1) is 14.7. The van der Waals surface area contributed by atoms with E-state index in [-0.39, 0.29) is 12.4 Å². The van der Waals surface area contributed by atoms with Crippen LogP contribution in [0.1, 0.15) is 28.2 Å². The highest BCUT2D eigenvalue weighted by Gasteiger charge is 2.23. The van der Waals surface area contributed by atoms with Crippen LogP contribution in [0.15, 0.2) is 23.0 Å². The normalized spacial score (nSPS) is 16.8. The average molecular weight is 352 g/mol. The summed E-state index contributed by atoms with van der Waals surface area (Å²) in [6.07, 6.45) is 2.90. The first-order valence-electron chi connectivity index (χ1n) is 8.23. The van der Waals surface area contributed by atoms with Crippen molar-refractivity contribution in [3.8, 4) is 11.5 Å². The highest BCUT2D eigenvalue weighted by Crippen LogP contribution is 2.35. The van der Waals surface area contributed by atoms with Crippen LogP contribution in [0.3, 0.4) is 0 Å². The molecule has 6 heteroatoms. The fraction of sp³-hybridized carbons (Fsp3) is 0.263. The number of hydrogen-bond acceptors (Lipinski definition) is 5. The Morgan fingerprint density at radius 2 is 2.08 bits per heavy atom. The molecule has 0 unspecified atom stereocenters. The van der Waals surface area contributed by atoms with Crippen LogP contribution < -0.4 is 15.0 Å². The van der Waals surface area contributed by atoms with Crippen LogP contribution in [0.5, 0.6) is 11.5 Å². The molecule has 0 atom stereocenters. The number of hydrogen-bond donors (Lipinski definition) is 0. The molecule has 0 spiro atoms. The molecule has 0 saturated heterocycles. The number of aryl methyl sites for hydroxylation is 2. The largest absolute Gasteiger partial charge is 0.454 e. The van der Waals surface area contributed by atoms with Crippen molar-refractivity contribution in [1.29, 1.82) is 0 Å². The van der Waals surface area contributed by atoms with Gasteiger partial charge in [0.25, 0.3) is 5.56 Å². The third kappa shape index (κ3) is 2.14. The van der Waals surface area contributed by atoms with Crippen LogP contribution in [0.4, 0.5) is 0 Å². The lowest BCUT2D eigenvalue weighted by atomic mass is 10.1. The Morgan fingerprint density at radius 1 is 1.24 bits per heavy atom. The average Bonchev–Trinajstić information content (AvgIpc) is 3.28. The summed E-state index contributed by atoms with van der Waals surface area (Å²) in [5, 5.41) is 0.774. The van der Waals surface area contributed by atoms with Gasteiger partial charge in [-0.15, -0.1) is 11.3 Å². The van der Waals surface area contributed by atoms with Gasteiger partial charge in [0, 0.05) is 11.4 Å². The van der Waals surface area contributed by atoms with Gasteiger partial charge in [0.1, 0.15) is 10.7 Å². The molecule has 0 aliphatic carbocycles. The van der Waals surface area contributed by atoms with Crippen LogP contribution >= 0.6 is 11.3 Å². The second-order valence-electron chi connectivity index (χ2n) is 6.39. The maximum absolute atomic E-state index is 12.9. The van der Waals surface area contributed by atoms with Crippen molar-refractivity contribution >= 4 is 33.2 Å². The zero-order valence-corrected chi connectivity index (χ0v) is 14.8. The maximum atomic E-state index is 12.9. The Labute approximate surface area is 148 Å². The molecule has 5 rings (SSSR count). The second-order valence-corrected chi connectivity index (χ2v) is 7.59. The first-order valence-corrected chi connectivity index (χ1v) is 9.04. The smallest absolute Gasteiger partial charge is 0.262 e. The number of ether oxygens (including phenoxy) is 2. The molecule has 0 bridgehead atoms. The summed E-state index contributed by atoms with van der Waals surface area (Å²) in [5.74, 6) is 2.32. The van der Waals surface area contributed by atoms with Gasteiger partial charge in [-0.2, -0.15) is 0 Å². The van der Waals surface area contributed by atoms with Gasteiger partial charge in [0.2, 0.25) is 6.79 Å². The number of aromatic nitrogens is 2. The number of fused-ring (bicyclic) bond motifs is 3. The van der Waals surface area contributed by atoms with E-state index in [4.69, 9.17) is 14.5 Å². The van der Waals surface area contributed by atoms with E-state index in [1.54, 1.807) is 15.9 Å². The minimum absolute atomic E-state index is 0.0796. The van der Waals surface area contributed by atoms with Gasteiger partial charge in [0.15, 0.2) is 11.5 Å². The van der Waals surface area contributed by atoms with Gasteiger partial charge in [-0.3, -0.25) is 9.36 Å². The minimum atomic E-state index is 0.0796. The van der Waals surface area contributed by atoms with Gasteiger partial charge in [0.05, 0.1) is 5.39 Å². The highest BCUT2D eigenvalue weighted by atomic mass is 32.1. The van der Waals surface area contributed by atoms with Crippen LogP contribution in [-0.2, 0) is 6.54 Å². The third-order valence-electron chi connectivity index (χ3n) is 4.92. The fourth-order valence-electron chi connectivity index (χ4n) is 3.46. The Bertz CT molecular complexity index is 1120. The Hall–Kier alpha value is -2.60. The van der Waals surface area contributed by atoms with Crippen molar-refractivity contribution in [2.24, 2.45) is 0 Å². The Kier molecular flexibility index (Phi) is 3.06. The molecule has 2 aliphatic heterocycles. The second kappa shape index (κ2) is 5.20. The zero-order chi connectivity index (χ0) is 17.1. The predicted octanol–water partition coefficient (Wildman–Crippen LogP) is 3.75. The van der Waals surface area contributed by atoms with Crippen LogP contribution in [0, 0.1) is 13.8 Å². The first-order chi connectivity index (χ1) is 12.1. The van der Waals surface area contributed by atoms with Crippen molar-refractivity contribution in [2.45, 2.75) is 26.8 Å². The van der Waals surface area contributed by atoms with E-state index in [1.165, 1.54) is 0 Å². The molecular formula is C19H16N2O3S. The monoisotopic (exact) mass is 352 g/mol.